The largest absolute Gasteiger partial charge is 0.497 e. The summed E-state index contributed by atoms with van der Waals surface area (Å²) in [6.45, 7) is 3.77. The van der Waals surface area contributed by atoms with Gasteiger partial charge in [0.2, 0.25) is 5.91 Å². The molecule has 23 heavy (non-hydrogen) atoms. The minimum Gasteiger partial charge on any atom is -0.497 e. The third-order valence-corrected chi connectivity index (χ3v) is 4.40. The van der Waals surface area contributed by atoms with Crippen LogP contribution in [0.25, 0.3) is 0 Å². The van der Waals surface area contributed by atoms with Crippen LogP contribution in [-0.2, 0) is 16.8 Å². The van der Waals surface area contributed by atoms with E-state index in [1.165, 1.54) is 4.90 Å². The average molecular weight is 309 g/mol. The van der Waals surface area contributed by atoms with Gasteiger partial charge in [0, 0.05) is 5.56 Å². The molecule has 4 nitrogen and oxygen atoms in total. The summed E-state index contributed by atoms with van der Waals surface area (Å²) in [7, 11) is 1.61. The first-order valence-corrected chi connectivity index (χ1v) is 7.55. The number of benzene rings is 2. The van der Waals surface area contributed by atoms with Crippen LogP contribution in [0.5, 0.6) is 5.75 Å². The molecule has 0 N–H and O–H groups in total. The molecule has 4 heteroatoms. The van der Waals surface area contributed by atoms with Crippen LogP contribution in [0.2, 0.25) is 0 Å². The number of hydrogen-bond acceptors (Lipinski definition) is 3. The Bertz CT molecular complexity index is 762. The van der Waals surface area contributed by atoms with E-state index in [1.807, 2.05) is 56.3 Å². The van der Waals surface area contributed by atoms with Gasteiger partial charge in [-0.1, -0.05) is 30.3 Å². The van der Waals surface area contributed by atoms with Crippen LogP contribution in [0.4, 0.5) is 0 Å². The molecular weight excluding hydrogens is 290 g/mol. The molecule has 3 rings (SSSR count). The zero-order valence-electron chi connectivity index (χ0n) is 13.5. The second-order valence-electron chi connectivity index (χ2n) is 6.16. The minimum atomic E-state index is -0.728. The Morgan fingerprint density at radius 3 is 2.30 bits per heavy atom. The smallest absolute Gasteiger partial charge is 0.261 e. The van der Waals surface area contributed by atoms with Crippen LogP contribution in [0.15, 0.2) is 48.5 Å². The van der Waals surface area contributed by atoms with Crippen molar-refractivity contribution in [2.45, 2.75) is 25.8 Å². The lowest BCUT2D eigenvalue weighted by molar-refractivity contribution is -0.132. The fourth-order valence-corrected chi connectivity index (χ4v) is 3.05. The van der Waals surface area contributed by atoms with E-state index in [1.54, 1.807) is 13.2 Å². The second kappa shape index (κ2) is 5.54. The lowest BCUT2D eigenvalue weighted by Crippen LogP contribution is -2.52. The van der Waals surface area contributed by atoms with Crippen molar-refractivity contribution in [2.24, 2.45) is 0 Å². The molecule has 0 saturated heterocycles. The van der Waals surface area contributed by atoms with E-state index < -0.39 is 5.54 Å². The molecule has 0 bridgehead atoms. The van der Waals surface area contributed by atoms with E-state index >= 15 is 0 Å². The zero-order chi connectivity index (χ0) is 16.6. The van der Waals surface area contributed by atoms with Crippen LogP contribution in [0.1, 0.15) is 35.3 Å². The molecule has 0 aliphatic carbocycles. The van der Waals surface area contributed by atoms with E-state index in [4.69, 9.17) is 4.74 Å². The molecule has 1 aliphatic rings. The summed E-state index contributed by atoms with van der Waals surface area (Å²) in [5.41, 5.74) is 1.56. The van der Waals surface area contributed by atoms with Gasteiger partial charge in [-0.15, -0.1) is 0 Å². The first kappa shape index (κ1) is 15.3. The minimum absolute atomic E-state index is 0.172. The number of methoxy groups -OCH3 is 1. The summed E-state index contributed by atoms with van der Waals surface area (Å²) in [5.74, 6) is 0.332. The number of fused-ring (bicyclic) bond motifs is 1. The van der Waals surface area contributed by atoms with Crippen LogP contribution in [0.3, 0.4) is 0 Å². The molecule has 0 unspecified atom stereocenters. The molecule has 2 aromatic rings. The van der Waals surface area contributed by atoms with Gasteiger partial charge in [0.25, 0.3) is 5.91 Å². The Hall–Kier alpha value is -2.62. The fraction of sp³-hybridized carbons (Fsp3) is 0.263. The molecule has 0 fully saturated rings. The number of ether oxygens (including phenoxy) is 1. The van der Waals surface area contributed by atoms with Gasteiger partial charge < -0.3 is 4.74 Å². The van der Waals surface area contributed by atoms with Crippen LogP contribution in [-0.4, -0.2) is 23.8 Å². The highest BCUT2D eigenvalue weighted by Crippen LogP contribution is 2.34. The van der Waals surface area contributed by atoms with Crippen molar-refractivity contribution in [1.82, 2.24) is 4.90 Å². The molecule has 0 spiro atoms. The maximum Gasteiger partial charge on any atom is 0.261 e. The van der Waals surface area contributed by atoms with Gasteiger partial charge in [-0.25, -0.2) is 0 Å². The maximum absolute atomic E-state index is 12.9. The first-order valence-electron chi connectivity index (χ1n) is 7.55. The van der Waals surface area contributed by atoms with Crippen molar-refractivity contribution < 1.29 is 14.3 Å². The van der Waals surface area contributed by atoms with Gasteiger partial charge in [-0.05, 0) is 43.2 Å². The molecule has 0 saturated carbocycles. The predicted octanol–water partition coefficient (Wildman–Crippen LogP) is 3.16. The van der Waals surface area contributed by atoms with Crippen LogP contribution >= 0.6 is 0 Å². The lowest BCUT2D eigenvalue weighted by Gasteiger charge is -2.40. The average Bonchev–Trinajstić information content (AvgIpc) is 2.54. The number of rotatable bonds is 3. The molecular formula is C19H19NO3. The standard InChI is InChI=1S/C19H19NO3/c1-19(2,14-8-10-15(23-3)11-9-14)20-17(21)12-13-6-4-5-7-16(13)18(20)22/h4-11H,12H2,1-3H3. The van der Waals surface area contributed by atoms with E-state index in [0.717, 1.165) is 16.9 Å². The van der Waals surface area contributed by atoms with Gasteiger partial charge in [0.15, 0.2) is 0 Å². The Labute approximate surface area is 135 Å². The molecule has 0 aromatic heterocycles. The number of imide groups is 1. The van der Waals surface area contributed by atoms with Crippen molar-refractivity contribution >= 4 is 11.8 Å². The zero-order valence-corrected chi connectivity index (χ0v) is 13.5. The van der Waals surface area contributed by atoms with Crippen molar-refractivity contribution in [3.05, 3.63) is 65.2 Å². The molecule has 0 radical (unpaired) electrons. The summed E-state index contributed by atoms with van der Waals surface area (Å²) in [6, 6.07) is 14.7. The van der Waals surface area contributed by atoms with Gasteiger partial charge in [-0.3, -0.25) is 14.5 Å². The lowest BCUT2D eigenvalue weighted by atomic mass is 9.87. The van der Waals surface area contributed by atoms with Gasteiger partial charge in [0.1, 0.15) is 5.75 Å². The summed E-state index contributed by atoms with van der Waals surface area (Å²) >= 11 is 0. The number of nitrogens with zero attached hydrogens (tertiary/aromatic N) is 1. The Balaban J connectivity index is 2.02. The van der Waals surface area contributed by atoms with Gasteiger partial charge >= 0.3 is 0 Å². The number of hydrogen-bond donors (Lipinski definition) is 0. The summed E-state index contributed by atoms with van der Waals surface area (Å²) in [5, 5.41) is 0. The van der Waals surface area contributed by atoms with E-state index in [0.29, 0.717) is 5.56 Å². The van der Waals surface area contributed by atoms with E-state index in [-0.39, 0.29) is 18.2 Å². The molecule has 1 heterocycles. The normalized spacial score (nSPS) is 14.7. The monoisotopic (exact) mass is 309 g/mol. The highest BCUT2D eigenvalue weighted by atomic mass is 16.5. The summed E-state index contributed by atoms with van der Waals surface area (Å²) in [6.07, 6.45) is 0.251. The van der Waals surface area contributed by atoms with Gasteiger partial charge in [0.05, 0.1) is 19.1 Å². The van der Waals surface area contributed by atoms with Crippen LogP contribution in [0, 0.1) is 0 Å². The van der Waals surface area contributed by atoms with Crippen molar-refractivity contribution in [2.75, 3.05) is 7.11 Å². The topological polar surface area (TPSA) is 46.6 Å². The third kappa shape index (κ3) is 2.50. The number of carbonyl (C=O) groups is 2. The second-order valence-corrected chi connectivity index (χ2v) is 6.16. The summed E-state index contributed by atoms with van der Waals surface area (Å²) < 4.78 is 5.17. The third-order valence-electron chi connectivity index (χ3n) is 4.40. The van der Waals surface area contributed by atoms with E-state index in [2.05, 4.69) is 0 Å². The fourth-order valence-electron chi connectivity index (χ4n) is 3.05. The SMILES string of the molecule is COc1ccc(C(C)(C)N2C(=O)Cc3ccccc3C2=O)cc1. The number of carbonyl (C=O) groups excluding carboxylic acids is 2. The van der Waals surface area contributed by atoms with Gasteiger partial charge in [-0.2, -0.15) is 0 Å². The molecule has 2 amide bonds. The van der Waals surface area contributed by atoms with Crippen molar-refractivity contribution in [1.29, 1.82) is 0 Å². The Morgan fingerprint density at radius 2 is 1.65 bits per heavy atom. The van der Waals surface area contributed by atoms with Crippen molar-refractivity contribution in [3.8, 4) is 5.75 Å². The highest BCUT2D eigenvalue weighted by molar-refractivity contribution is 6.10. The Kier molecular flexibility index (Phi) is 3.68. The van der Waals surface area contributed by atoms with Crippen molar-refractivity contribution in [3.63, 3.8) is 0 Å². The molecule has 0 atom stereocenters. The number of amides is 2. The molecule has 1 aliphatic heterocycles. The highest BCUT2D eigenvalue weighted by Gasteiger charge is 2.41. The molecule has 118 valence electrons. The molecule has 2 aromatic carbocycles. The predicted molar refractivity (Wildman–Crippen MR) is 87.3 cm³/mol. The van der Waals surface area contributed by atoms with Crippen LogP contribution < -0.4 is 4.74 Å². The maximum atomic E-state index is 12.9. The first-order chi connectivity index (χ1) is 10.9. The quantitative estimate of drug-likeness (QED) is 0.818. The van der Waals surface area contributed by atoms with E-state index in [9.17, 15) is 9.59 Å². The summed E-state index contributed by atoms with van der Waals surface area (Å²) in [4.78, 5) is 26.8. The Morgan fingerprint density at radius 1 is 1.00 bits per heavy atom.